The Hall–Kier alpha value is -2.15. The van der Waals surface area contributed by atoms with Gasteiger partial charge in [-0.15, -0.1) is 0 Å². The molecule has 0 saturated heterocycles. The summed E-state index contributed by atoms with van der Waals surface area (Å²) < 4.78 is 0. The van der Waals surface area contributed by atoms with E-state index >= 15 is 0 Å². The minimum Gasteiger partial charge on any atom is -0.295 e. The first-order valence-electron chi connectivity index (χ1n) is 6.58. The average Bonchev–Trinajstić information content (AvgIpc) is 2.45. The summed E-state index contributed by atoms with van der Waals surface area (Å²) in [5.74, 6) is 0.141. The molecular formula is C18H18O. The molecule has 2 aromatic carbocycles. The first-order chi connectivity index (χ1) is 9.27. The van der Waals surface area contributed by atoms with E-state index in [-0.39, 0.29) is 5.78 Å². The molecule has 96 valence electrons. The Morgan fingerprint density at radius 2 is 1.68 bits per heavy atom. The molecule has 0 N–H and O–H groups in total. The third-order valence-electron chi connectivity index (χ3n) is 3.09. The zero-order valence-electron chi connectivity index (χ0n) is 11.2. The van der Waals surface area contributed by atoms with Gasteiger partial charge in [0.25, 0.3) is 0 Å². The molecule has 0 aliphatic heterocycles. The van der Waals surface area contributed by atoms with E-state index in [9.17, 15) is 4.79 Å². The van der Waals surface area contributed by atoms with Crippen LogP contribution in [0, 0.1) is 0 Å². The maximum atomic E-state index is 11.5. The minimum atomic E-state index is 0.141. The Balaban J connectivity index is 1.96. The average molecular weight is 250 g/mol. The van der Waals surface area contributed by atoms with Crippen LogP contribution in [-0.2, 0) is 6.42 Å². The van der Waals surface area contributed by atoms with Gasteiger partial charge in [0.2, 0.25) is 0 Å². The topological polar surface area (TPSA) is 17.1 Å². The highest BCUT2D eigenvalue weighted by Crippen LogP contribution is 2.12. The maximum Gasteiger partial charge on any atom is 0.160 e. The number of carbonyl (C=O) groups is 1. The van der Waals surface area contributed by atoms with Crippen LogP contribution >= 0.6 is 0 Å². The molecule has 0 atom stereocenters. The summed E-state index contributed by atoms with van der Waals surface area (Å²) in [5, 5.41) is 0. The van der Waals surface area contributed by atoms with Crippen LogP contribution in [0.2, 0.25) is 0 Å². The first-order valence-corrected chi connectivity index (χ1v) is 6.58. The van der Waals surface area contributed by atoms with E-state index in [0.717, 1.165) is 24.0 Å². The summed E-state index contributed by atoms with van der Waals surface area (Å²) in [6, 6.07) is 18.1. The summed E-state index contributed by atoms with van der Waals surface area (Å²) in [6.45, 7) is 1.62. The smallest absolute Gasteiger partial charge is 0.160 e. The highest BCUT2D eigenvalue weighted by molar-refractivity contribution is 5.95. The quantitative estimate of drug-likeness (QED) is 0.712. The fourth-order valence-corrected chi connectivity index (χ4v) is 2.10. The van der Waals surface area contributed by atoms with Crippen LogP contribution in [0.4, 0.5) is 0 Å². The SMILES string of the molecule is CC(=O)c1ccccc1CC/C=C\c1ccccc1. The number of Topliss-reactive ketones (excluding diaryl/α,β-unsaturated/α-hetero) is 1. The zero-order chi connectivity index (χ0) is 13.5. The lowest BCUT2D eigenvalue weighted by atomic mass is 10.00. The fourth-order valence-electron chi connectivity index (χ4n) is 2.10. The Morgan fingerprint density at radius 3 is 2.42 bits per heavy atom. The maximum absolute atomic E-state index is 11.5. The van der Waals surface area contributed by atoms with Crippen LogP contribution in [0.5, 0.6) is 0 Å². The van der Waals surface area contributed by atoms with Gasteiger partial charge in [-0.1, -0.05) is 66.7 Å². The first kappa shape index (κ1) is 13.3. The van der Waals surface area contributed by atoms with Crippen molar-refractivity contribution in [2.24, 2.45) is 0 Å². The van der Waals surface area contributed by atoms with Gasteiger partial charge in [0.05, 0.1) is 0 Å². The second-order valence-electron chi connectivity index (χ2n) is 4.57. The standard InChI is InChI=1S/C18H18O/c1-15(19)18-14-8-7-13-17(18)12-6-5-11-16-9-3-2-4-10-16/h2-5,7-11,13-14H,6,12H2,1H3/b11-5-. The number of hydrogen-bond donors (Lipinski definition) is 0. The van der Waals surface area contributed by atoms with E-state index < -0.39 is 0 Å². The summed E-state index contributed by atoms with van der Waals surface area (Å²) in [6.07, 6.45) is 6.13. The second-order valence-corrected chi connectivity index (χ2v) is 4.57. The zero-order valence-corrected chi connectivity index (χ0v) is 11.2. The van der Waals surface area contributed by atoms with E-state index in [0.29, 0.717) is 0 Å². The van der Waals surface area contributed by atoms with Crippen molar-refractivity contribution in [2.45, 2.75) is 19.8 Å². The molecule has 0 amide bonds. The normalized spacial score (nSPS) is 10.8. The van der Waals surface area contributed by atoms with Gasteiger partial charge in [0.1, 0.15) is 0 Å². The fraction of sp³-hybridized carbons (Fsp3) is 0.167. The van der Waals surface area contributed by atoms with Gasteiger partial charge in [-0.2, -0.15) is 0 Å². The van der Waals surface area contributed by atoms with Gasteiger partial charge >= 0.3 is 0 Å². The van der Waals surface area contributed by atoms with Gasteiger partial charge < -0.3 is 0 Å². The lowest BCUT2D eigenvalue weighted by Crippen LogP contribution is -1.98. The van der Waals surface area contributed by atoms with Crippen LogP contribution in [-0.4, -0.2) is 5.78 Å². The molecule has 1 nitrogen and oxygen atoms in total. The highest BCUT2D eigenvalue weighted by Gasteiger charge is 2.04. The molecule has 0 heterocycles. The van der Waals surface area contributed by atoms with Crippen molar-refractivity contribution >= 4 is 11.9 Å². The van der Waals surface area contributed by atoms with Crippen molar-refractivity contribution in [3.05, 3.63) is 77.4 Å². The molecule has 0 bridgehead atoms. The number of ketones is 1. The van der Waals surface area contributed by atoms with Gasteiger partial charge in [-0.25, -0.2) is 0 Å². The van der Waals surface area contributed by atoms with Crippen LogP contribution in [0.3, 0.4) is 0 Å². The van der Waals surface area contributed by atoms with Gasteiger partial charge in [0, 0.05) is 5.56 Å². The molecule has 0 fully saturated rings. The van der Waals surface area contributed by atoms with E-state index in [4.69, 9.17) is 0 Å². The van der Waals surface area contributed by atoms with Crippen LogP contribution in [0.1, 0.15) is 34.8 Å². The molecule has 0 radical (unpaired) electrons. The number of hydrogen-bond acceptors (Lipinski definition) is 1. The Kier molecular flexibility index (Phi) is 4.68. The predicted octanol–water partition coefficient (Wildman–Crippen LogP) is 4.54. The molecule has 2 aromatic rings. The van der Waals surface area contributed by atoms with Gasteiger partial charge in [-0.3, -0.25) is 4.79 Å². The number of benzene rings is 2. The number of allylic oxidation sites excluding steroid dienone is 1. The van der Waals surface area contributed by atoms with Crippen molar-refractivity contribution < 1.29 is 4.79 Å². The molecular weight excluding hydrogens is 232 g/mol. The van der Waals surface area contributed by atoms with Crippen molar-refractivity contribution in [2.75, 3.05) is 0 Å². The second kappa shape index (κ2) is 6.69. The molecule has 0 spiro atoms. The van der Waals surface area contributed by atoms with Crippen molar-refractivity contribution in [3.63, 3.8) is 0 Å². The van der Waals surface area contributed by atoms with E-state index in [1.54, 1.807) is 6.92 Å². The third-order valence-corrected chi connectivity index (χ3v) is 3.09. The Bertz CT molecular complexity index is 567. The lowest BCUT2D eigenvalue weighted by Gasteiger charge is -2.04. The van der Waals surface area contributed by atoms with Gasteiger partial charge in [0.15, 0.2) is 5.78 Å². The van der Waals surface area contributed by atoms with Gasteiger partial charge in [-0.05, 0) is 30.9 Å². The van der Waals surface area contributed by atoms with Crippen LogP contribution in [0.15, 0.2) is 60.7 Å². The molecule has 0 saturated carbocycles. The van der Waals surface area contributed by atoms with Crippen molar-refractivity contribution in [1.29, 1.82) is 0 Å². The Morgan fingerprint density at radius 1 is 1.00 bits per heavy atom. The minimum absolute atomic E-state index is 0.141. The summed E-state index contributed by atoms with van der Waals surface area (Å²) in [4.78, 5) is 11.5. The lowest BCUT2D eigenvalue weighted by molar-refractivity contribution is 0.101. The van der Waals surface area contributed by atoms with Crippen LogP contribution in [0.25, 0.3) is 6.08 Å². The van der Waals surface area contributed by atoms with Crippen molar-refractivity contribution in [3.8, 4) is 0 Å². The van der Waals surface area contributed by atoms with E-state index in [1.165, 1.54) is 5.56 Å². The molecule has 0 aromatic heterocycles. The number of rotatable bonds is 5. The van der Waals surface area contributed by atoms with Crippen molar-refractivity contribution in [1.82, 2.24) is 0 Å². The Labute approximate surface area is 114 Å². The molecule has 1 heteroatoms. The summed E-state index contributed by atoms with van der Waals surface area (Å²) >= 11 is 0. The largest absolute Gasteiger partial charge is 0.295 e. The molecule has 0 aliphatic rings. The summed E-state index contributed by atoms with van der Waals surface area (Å²) in [5.41, 5.74) is 3.19. The predicted molar refractivity (Wildman–Crippen MR) is 80.2 cm³/mol. The molecule has 2 rings (SSSR count). The molecule has 19 heavy (non-hydrogen) atoms. The van der Waals surface area contributed by atoms with Crippen LogP contribution < -0.4 is 0 Å². The molecule has 0 aliphatic carbocycles. The highest BCUT2D eigenvalue weighted by atomic mass is 16.1. The van der Waals surface area contributed by atoms with E-state index in [2.05, 4.69) is 24.3 Å². The number of carbonyl (C=O) groups excluding carboxylic acids is 1. The summed E-state index contributed by atoms with van der Waals surface area (Å²) in [7, 11) is 0. The third kappa shape index (κ3) is 3.92. The number of aryl methyl sites for hydroxylation is 1. The van der Waals surface area contributed by atoms with E-state index in [1.807, 2.05) is 42.5 Å². The molecule has 0 unspecified atom stereocenters. The monoisotopic (exact) mass is 250 g/mol.